The number of rotatable bonds is 6. The standard InChI is InChI=1S/C14H17N3O2S/c15-10-14(5-6-14)11-20(18,19)17(9-12-3-4-12)13-2-1-7-16-8-13/h1-2,7-8,12H,3-6,9,11H2. The molecule has 2 fully saturated rings. The van der Waals surface area contributed by atoms with Crippen LogP contribution in [-0.4, -0.2) is 25.7 Å². The Morgan fingerprint density at radius 2 is 2.20 bits per heavy atom. The van der Waals surface area contributed by atoms with Crippen LogP contribution in [0, 0.1) is 22.7 Å². The van der Waals surface area contributed by atoms with Crippen molar-refractivity contribution in [3.8, 4) is 6.07 Å². The molecule has 2 aliphatic carbocycles. The van der Waals surface area contributed by atoms with E-state index in [4.69, 9.17) is 5.26 Å². The Bertz CT molecular complexity index is 628. The first kappa shape index (κ1) is 13.4. The molecule has 0 aromatic carbocycles. The highest BCUT2D eigenvalue weighted by Gasteiger charge is 2.48. The summed E-state index contributed by atoms with van der Waals surface area (Å²) in [5, 5.41) is 9.12. The van der Waals surface area contributed by atoms with Crippen LogP contribution in [0.15, 0.2) is 24.5 Å². The lowest BCUT2D eigenvalue weighted by Crippen LogP contribution is -2.37. The van der Waals surface area contributed by atoms with Gasteiger partial charge in [0.1, 0.15) is 0 Å². The van der Waals surface area contributed by atoms with Gasteiger partial charge >= 0.3 is 0 Å². The van der Waals surface area contributed by atoms with Crippen molar-refractivity contribution in [2.75, 3.05) is 16.6 Å². The Hall–Kier alpha value is -1.61. The minimum Gasteiger partial charge on any atom is -0.268 e. The van der Waals surface area contributed by atoms with Crippen LogP contribution in [0.25, 0.3) is 0 Å². The molecule has 0 bridgehead atoms. The number of aromatic nitrogens is 1. The molecule has 0 N–H and O–H groups in total. The molecule has 106 valence electrons. The normalized spacial score (nSPS) is 20.1. The average Bonchev–Trinajstić information content (AvgIpc) is 3.33. The van der Waals surface area contributed by atoms with Crippen LogP contribution in [-0.2, 0) is 10.0 Å². The molecule has 2 saturated carbocycles. The lowest BCUT2D eigenvalue weighted by molar-refractivity contribution is 0.576. The van der Waals surface area contributed by atoms with Crippen LogP contribution < -0.4 is 4.31 Å². The molecular weight excluding hydrogens is 274 g/mol. The van der Waals surface area contributed by atoms with Gasteiger partial charge in [-0.25, -0.2) is 8.42 Å². The van der Waals surface area contributed by atoms with Crippen molar-refractivity contribution in [2.24, 2.45) is 11.3 Å². The Morgan fingerprint density at radius 3 is 2.70 bits per heavy atom. The number of anilines is 1. The van der Waals surface area contributed by atoms with Crippen molar-refractivity contribution in [3.63, 3.8) is 0 Å². The Balaban J connectivity index is 1.86. The van der Waals surface area contributed by atoms with Crippen molar-refractivity contribution < 1.29 is 8.42 Å². The fourth-order valence-corrected chi connectivity index (χ4v) is 4.36. The summed E-state index contributed by atoms with van der Waals surface area (Å²) < 4.78 is 26.8. The minimum absolute atomic E-state index is 0.0713. The summed E-state index contributed by atoms with van der Waals surface area (Å²) in [6, 6.07) is 5.66. The second kappa shape index (κ2) is 4.74. The van der Waals surface area contributed by atoms with Gasteiger partial charge in [-0.3, -0.25) is 9.29 Å². The zero-order valence-electron chi connectivity index (χ0n) is 11.2. The molecule has 0 saturated heterocycles. The molecule has 0 atom stereocenters. The van der Waals surface area contributed by atoms with Gasteiger partial charge in [0.05, 0.1) is 29.1 Å². The van der Waals surface area contributed by atoms with E-state index in [9.17, 15) is 8.42 Å². The molecule has 6 heteroatoms. The minimum atomic E-state index is -3.47. The maximum atomic E-state index is 12.7. The number of hydrogen-bond acceptors (Lipinski definition) is 4. The van der Waals surface area contributed by atoms with Crippen molar-refractivity contribution in [1.82, 2.24) is 4.98 Å². The zero-order chi connectivity index (χ0) is 14.2. The van der Waals surface area contributed by atoms with Crippen LogP contribution in [0.1, 0.15) is 25.7 Å². The fourth-order valence-electron chi connectivity index (χ4n) is 2.28. The highest BCUT2D eigenvalue weighted by Crippen LogP contribution is 2.47. The van der Waals surface area contributed by atoms with E-state index >= 15 is 0 Å². The summed E-state index contributed by atoms with van der Waals surface area (Å²) in [7, 11) is -3.47. The smallest absolute Gasteiger partial charge is 0.236 e. The van der Waals surface area contributed by atoms with Gasteiger partial charge in [0, 0.05) is 12.7 Å². The largest absolute Gasteiger partial charge is 0.268 e. The topological polar surface area (TPSA) is 74.1 Å². The van der Waals surface area contributed by atoms with Crippen LogP contribution in [0.3, 0.4) is 0 Å². The Morgan fingerprint density at radius 1 is 1.45 bits per heavy atom. The quantitative estimate of drug-likeness (QED) is 0.802. The molecule has 5 nitrogen and oxygen atoms in total. The second-order valence-corrected chi connectivity index (χ2v) is 7.73. The molecule has 0 unspecified atom stereocenters. The van der Waals surface area contributed by atoms with E-state index in [0.717, 1.165) is 12.8 Å². The molecule has 1 aromatic heterocycles. The summed E-state index contributed by atoms with van der Waals surface area (Å²) in [5.41, 5.74) is -0.0452. The van der Waals surface area contributed by atoms with Gasteiger partial charge < -0.3 is 0 Å². The first-order valence-electron chi connectivity index (χ1n) is 6.86. The Labute approximate surface area is 119 Å². The number of pyridine rings is 1. The first-order valence-corrected chi connectivity index (χ1v) is 8.47. The molecule has 0 spiro atoms. The summed E-state index contributed by atoms with van der Waals surface area (Å²) in [4.78, 5) is 4.01. The van der Waals surface area contributed by atoms with Crippen molar-refractivity contribution in [1.29, 1.82) is 5.26 Å². The van der Waals surface area contributed by atoms with E-state index in [1.807, 2.05) is 0 Å². The molecule has 1 aromatic rings. The van der Waals surface area contributed by atoms with Crippen molar-refractivity contribution in [2.45, 2.75) is 25.7 Å². The Kier molecular flexibility index (Phi) is 3.17. The number of nitriles is 1. The van der Waals surface area contributed by atoms with E-state index in [2.05, 4.69) is 11.1 Å². The third kappa shape index (κ3) is 2.78. The van der Waals surface area contributed by atoms with E-state index < -0.39 is 15.4 Å². The average molecular weight is 291 g/mol. The van der Waals surface area contributed by atoms with E-state index in [-0.39, 0.29) is 5.75 Å². The summed E-state index contributed by atoms with van der Waals surface area (Å²) >= 11 is 0. The third-order valence-electron chi connectivity index (χ3n) is 3.94. The van der Waals surface area contributed by atoms with Gasteiger partial charge in [-0.1, -0.05) is 0 Å². The van der Waals surface area contributed by atoms with Gasteiger partial charge in [-0.2, -0.15) is 5.26 Å². The molecular formula is C14H17N3O2S. The van der Waals surface area contributed by atoms with Crippen LogP contribution >= 0.6 is 0 Å². The third-order valence-corrected chi connectivity index (χ3v) is 5.89. The number of nitrogens with zero attached hydrogens (tertiary/aromatic N) is 3. The highest BCUT2D eigenvalue weighted by atomic mass is 32.2. The van der Waals surface area contributed by atoms with Gasteiger partial charge in [-0.15, -0.1) is 0 Å². The van der Waals surface area contributed by atoms with Gasteiger partial charge in [0.2, 0.25) is 10.0 Å². The van der Waals surface area contributed by atoms with Gasteiger partial charge in [0.15, 0.2) is 0 Å². The lowest BCUT2D eigenvalue weighted by atomic mass is 10.2. The maximum absolute atomic E-state index is 12.7. The van der Waals surface area contributed by atoms with Gasteiger partial charge in [0.25, 0.3) is 0 Å². The molecule has 0 aliphatic heterocycles. The first-order chi connectivity index (χ1) is 9.55. The summed E-state index contributed by atoms with van der Waals surface area (Å²) in [6.45, 7) is 0.509. The van der Waals surface area contributed by atoms with Crippen molar-refractivity contribution in [3.05, 3.63) is 24.5 Å². The van der Waals surface area contributed by atoms with E-state index in [1.54, 1.807) is 24.5 Å². The predicted molar refractivity (Wildman–Crippen MR) is 75.4 cm³/mol. The highest BCUT2D eigenvalue weighted by molar-refractivity contribution is 7.92. The number of sulfonamides is 1. The fraction of sp³-hybridized carbons (Fsp3) is 0.571. The van der Waals surface area contributed by atoms with E-state index in [1.165, 1.54) is 4.31 Å². The molecule has 3 rings (SSSR count). The van der Waals surface area contributed by atoms with Crippen LogP contribution in [0.2, 0.25) is 0 Å². The zero-order valence-corrected chi connectivity index (χ0v) is 12.0. The van der Waals surface area contributed by atoms with Gasteiger partial charge in [-0.05, 0) is 43.7 Å². The second-order valence-electron chi connectivity index (χ2n) is 5.83. The van der Waals surface area contributed by atoms with Crippen molar-refractivity contribution >= 4 is 15.7 Å². The molecule has 0 radical (unpaired) electrons. The SMILES string of the molecule is N#CC1(CS(=O)(=O)N(CC2CC2)c2cccnc2)CC1. The molecule has 1 heterocycles. The predicted octanol–water partition coefficient (Wildman–Crippen LogP) is 1.93. The van der Waals surface area contributed by atoms with Crippen LogP contribution in [0.5, 0.6) is 0 Å². The van der Waals surface area contributed by atoms with E-state index in [0.29, 0.717) is 31.0 Å². The molecule has 2 aliphatic rings. The summed E-state index contributed by atoms with van der Waals surface area (Å²) in [6.07, 6.45) is 6.74. The number of hydrogen-bond donors (Lipinski definition) is 0. The maximum Gasteiger partial charge on any atom is 0.236 e. The molecule has 20 heavy (non-hydrogen) atoms. The molecule has 0 amide bonds. The lowest BCUT2D eigenvalue weighted by Gasteiger charge is -2.25. The monoisotopic (exact) mass is 291 g/mol. The van der Waals surface area contributed by atoms with Crippen LogP contribution in [0.4, 0.5) is 5.69 Å². The summed E-state index contributed by atoms with van der Waals surface area (Å²) in [5.74, 6) is 0.375.